The number of aryl methyl sites for hydroxylation is 1. The van der Waals surface area contributed by atoms with Gasteiger partial charge >= 0.3 is 0 Å². The molecule has 0 fully saturated rings. The molecule has 20 heavy (non-hydrogen) atoms. The molecule has 0 radical (unpaired) electrons. The van der Waals surface area contributed by atoms with E-state index in [9.17, 15) is 0 Å². The predicted molar refractivity (Wildman–Crippen MR) is 93.6 cm³/mol. The van der Waals surface area contributed by atoms with Crippen LogP contribution in [0.15, 0.2) is 48.5 Å². The van der Waals surface area contributed by atoms with Crippen molar-refractivity contribution in [2.75, 3.05) is 12.4 Å². The molecule has 2 aromatic carbocycles. The van der Waals surface area contributed by atoms with Crippen LogP contribution in [0.3, 0.4) is 0 Å². The summed E-state index contributed by atoms with van der Waals surface area (Å²) in [5, 5.41) is 3.55. The Kier molecular flexibility index (Phi) is 5.71. The molecule has 0 saturated carbocycles. The van der Waals surface area contributed by atoms with E-state index in [1.807, 2.05) is 12.1 Å². The molecule has 1 unspecified atom stereocenters. The van der Waals surface area contributed by atoms with Crippen molar-refractivity contribution in [3.8, 4) is 5.75 Å². The second-order valence-corrected chi connectivity index (χ2v) is 6.19. The molecular weight excluding hydrogens is 361 g/mol. The molecule has 0 saturated heterocycles. The number of nitrogens with one attached hydrogen (secondary N) is 1. The first-order valence-electron chi connectivity index (χ1n) is 6.82. The standard InChI is InChI=1S/C17H20INO/c1-13(19-16-5-3-4-15(18)12-16)6-7-14-8-10-17(20-2)11-9-14/h3-5,8-13,19H,6-7H2,1-2H3. The first-order valence-corrected chi connectivity index (χ1v) is 7.90. The molecule has 2 nitrogen and oxygen atoms in total. The average Bonchev–Trinajstić information content (AvgIpc) is 2.46. The summed E-state index contributed by atoms with van der Waals surface area (Å²) in [6, 6.07) is 17.2. The number of hydrogen-bond acceptors (Lipinski definition) is 2. The van der Waals surface area contributed by atoms with Gasteiger partial charge < -0.3 is 10.1 Å². The quantitative estimate of drug-likeness (QED) is 0.731. The third-order valence-electron chi connectivity index (χ3n) is 3.26. The fourth-order valence-electron chi connectivity index (χ4n) is 2.11. The van der Waals surface area contributed by atoms with Crippen molar-refractivity contribution in [1.29, 1.82) is 0 Å². The van der Waals surface area contributed by atoms with Gasteiger partial charge in [-0.1, -0.05) is 18.2 Å². The van der Waals surface area contributed by atoms with Crippen LogP contribution in [0.5, 0.6) is 5.75 Å². The van der Waals surface area contributed by atoms with Crippen molar-refractivity contribution < 1.29 is 4.74 Å². The van der Waals surface area contributed by atoms with Crippen LogP contribution >= 0.6 is 22.6 Å². The minimum Gasteiger partial charge on any atom is -0.497 e. The smallest absolute Gasteiger partial charge is 0.118 e. The Morgan fingerprint density at radius 3 is 2.55 bits per heavy atom. The summed E-state index contributed by atoms with van der Waals surface area (Å²) in [5.74, 6) is 0.916. The fraction of sp³-hybridized carbons (Fsp3) is 0.294. The Labute approximate surface area is 134 Å². The third-order valence-corrected chi connectivity index (χ3v) is 3.93. The molecule has 1 N–H and O–H groups in total. The second kappa shape index (κ2) is 7.53. The zero-order valence-electron chi connectivity index (χ0n) is 11.9. The summed E-state index contributed by atoms with van der Waals surface area (Å²) in [6.07, 6.45) is 2.18. The van der Waals surface area contributed by atoms with E-state index in [-0.39, 0.29) is 0 Å². The number of methoxy groups -OCH3 is 1. The van der Waals surface area contributed by atoms with E-state index in [0.29, 0.717) is 6.04 Å². The Hall–Kier alpha value is -1.23. The highest BCUT2D eigenvalue weighted by Gasteiger charge is 2.03. The molecule has 0 aromatic heterocycles. The van der Waals surface area contributed by atoms with Crippen LogP contribution in [-0.2, 0) is 6.42 Å². The van der Waals surface area contributed by atoms with Gasteiger partial charge in [0.2, 0.25) is 0 Å². The summed E-state index contributed by atoms with van der Waals surface area (Å²) in [6.45, 7) is 2.23. The molecule has 0 aliphatic carbocycles. The molecule has 106 valence electrons. The van der Waals surface area contributed by atoms with Crippen molar-refractivity contribution in [3.05, 3.63) is 57.7 Å². The van der Waals surface area contributed by atoms with Crippen LogP contribution in [0, 0.1) is 3.57 Å². The molecule has 2 rings (SSSR count). The van der Waals surface area contributed by atoms with E-state index in [4.69, 9.17) is 4.74 Å². The van der Waals surface area contributed by atoms with Gasteiger partial charge in [-0.2, -0.15) is 0 Å². The second-order valence-electron chi connectivity index (χ2n) is 4.94. The normalized spacial score (nSPS) is 11.9. The fourth-order valence-corrected chi connectivity index (χ4v) is 2.65. The van der Waals surface area contributed by atoms with Gasteiger partial charge in [0.05, 0.1) is 7.11 Å². The Morgan fingerprint density at radius 1 is 1.15 bits per heavy atom. The van der Waals surface area contributed by atoms with Crippen LogP contribution < -0.4 is 10.1 Å². The lowest BCUT2D eigenvalue weighted by Crippen LogP contribution is -2.15. The van der Waals surface area contributed by atoms with Crippen molar-refractivity contribution in [1.82, 2.24) is 0 Å². The van der Waals surface area contributed by atoms with E-state index in [1.54, 1.807) is 7.11 Å². The Morgan fingerprint density at radius 2 is 1.90 bits per heavy atom. The third kappa shape index (κ3) is 4.71. The number of benzene rings is 2. The lowest BCUT2D eigenvalue weighted by atomic mass is 10.1. The van der Waals surface area contributed by atoms with Gasteiger partial charge in [-0.05, 0) is 78.3 Å². The number of hydrogen-bond donors (Lipinski definition) is 1. The van der Waals surface area contributed by atoms with Crippen LogP contribution in [0.1, 0.15) is 18.9 Å². The molecule has 0 amide bonds. The minimum atomic E-state index is 0.454. The molecule has 0 aliphatic heterocycles. The zero-order chi connectivity index (χ0) is 14.4. The van der Waals surface area contributed by atoms with E-state index >= 15 is 0 Å². The van der Waals surface area contributed by atoms with Crippen LogP contribution in [0.25, 0.3) is 0 Å². The van der Waals surface area contributed by atoms with Gasteiger partial charge in [0.25, 0.3) is 0 Å². The SMILES string of the molecule is COc1ccc(CCC(C)Nc2cccc(I)c2)cc1. The molecule has 0 heterocycles. The Balaban J connectivity index is 1.83. The first-order chi connectivity index (χ1) is 9.67. The highest BCUT2D eigenvalue weighted by atomic mass is 127. The van der Waals surface area contributed by atoms with E-state index in [1.165, 1.54) is 14.8 Å². The zero-order valence-corrected chi connectivity index (χ0v) is 14.1. The maximum absolute atomic E-state index is 5.17. The highest BCUT2D eigenvalue weighted by Crippen LogP contribution is 2.16. The van der Waals surface area contributed by atoms with Crippen molar-refractivity contribution in [2.45, 2.75) is 25.8 Å². The maximum atomic E-state index is 5.17. The predicted octanol–water partition coefficient (Wildman–Crippen LogP) is 4.73. The van der Waals surface area contributed by atoms with E-state index < -0.39 is 0 Å². The number of halogens is 1. The van der Waals surface area contributed by atoms with Crippen LogP contribution in [-0.4, -0.2) is 13.2 Å². The van der Waals surface area contributed by atoms with Gasteiger partial charge in [0.1, 0.15) is 5.75 Å². The molecule has 2 aromatic rings. The molecule has 3 heteroatoms. The number of rotatable bonds is 6. The summed E-state index contributed by atoms with van der Waals surface area (Å²) < 4.78 is 6.43. The molecule has 0 aliphatic rings. The lowest BCUT2D eigenvalue weighted by molar-refractivity contribution is 0.414. The van der Waals surface area contributed by atoms with Gasteiger partial charge in [-0.25, -0.2) is 0 Å². The van der Waals surface area contributed by atoms with E-state index in [0.717, 1.165) is 18.6 Å². The summed E-state index contributed by atoms with van der Waals surface area (Å²) in [4.78, 5) is 0. The summed E-state index contributed by atoms with van der Waals surface area (Å²) >= 11 is 2.34. The molecule has 0 bridgehead atoms. The molecule has 0 spiro atoms. The summed E-state index contributed by atoms with van der Waals surface area (Å²) in [5.41, 5.74) is 2.54. The highest BCUT2D eigenvalue weighted by molar-refractivity contribution is 14.1. The lowest BCUT2D eigenvalue weighted by Gasteiger charge is -2.15. The van der Waals surface area contributed by atoms with Gasteiger partial charge in [-0.3, -0.25) is 0 Å². The number of anilines is 1. The van der Waals surface area contributed by atoms with Gasteiger partial charge in [-0.15, -0.1) is 0 Å². The largest absolute Gasteiger partial charge is 0.497 e. The monoisotopic (exact) mass is 381 g/mol. The van der Waals surface area contributed by atoms with Gasteiger partial charge in [0.15, 0.2) is 0 Å². The molecule has 1 atom stereocenters. The number of ether oxygens (including phenoxy) is 1. The topological polar surface area (TPSA) is 21.3 Å². The van der Waals surface area contributed by atoms with Gasteiger partial charge in [0, 0.05) is 15.3 Å². The van der Waals surface area contributed by atoms with Crippen molar-refractivity contribution >= 4 is 28.3 Å². The van der Waals surface area contributed by atoms with Crippen LogP contribution in [0.4, 0.5) is 5.69 Å². The molecular formula is C17H20INO. The van der Waals surface area contributed by atoms with E-state index in [2.05, 4.69) is 71.2 Å². The summed E-state index contributed by atoms with van der Waals surface area (Å²) in [7, 11) is 1.70. The van der Waals surface area contributed by atoms with Crippen molar-refractivity contribution in [3.63, 3.8) is 0 Å². The van der Waals surface area contributed by atoms with Crippen LogP contribution in [0.2, 0.25) is 0 Å². The minimum absolute atomic E-state index is 0.454. The average molecular weight is 381 g/mol. The Bertz CT molecular complexity index is 539. The first kappa shape index (κ1) is 15.2. The van der Waals surface area contributed by atoms with Crippen molar-refractivity contribution in [2.24, 2.45) is 0 Å². The maximum Gasteiger partial charge on any atom is 0.118 e.